The molecular formula is C29H34ClN3O5S. The van der Waals surface area contributed by atoms with E-state index < -0.39 is 28.5 Å². The number of rotatable bonds is 13. The zero-order chi connectivity index (χ0) is 28.4. The molecule has 0 unspecified atom stereocenters. The van der Waals surface area contributed by atoms with Crippen molar-refractivity contribution in [2.45, 2.75) is 44.2 Å². The lowest BCUT2D eigenvalue weighted by atomic mass is 10.1. The molecule has 3 aromatic carbocycles. The lowest BCUT2D eigenvalue weighted by Crippen LogP contribution is -2.52. The van der Waals surface area contributed by atoms with Gasteiger partial charge in [0, 0.05) is 24.2 Å². The maximum Gasteiger partial charge on any atom is 0.264 e. The third-order valence-corrected chi connectivity index (χ3v) is 8.34. The van der Waals surface area contributed by atoms with Gasteiger partial charge in [0.05, 0.1) is 17.7 Å². The second-order valence-electron chi connectivity index (χ2n) is 8.85. The van der Waals surface area contributed by atoms with Crippen LogP contribution in [0.25, 0.3) is 0 Å². The van der Waals surface area contributed by atoms with Gasteiger partial charge in [-0.05, 0) is 48.7 Å². The molecule has 0 aliphatic heterocycles. The third-order valence-electron chi connectivity index (χ3n) is 6.19. The Morgan fingerprint density at radius 2 is 1.67 bits per heavy atom. The number of methoxy groups -OCH3 is 1. The monoisotopic (exact) mass is 571 g/mol. The molecule has 2 amide bonds. The molecule has 0 saturated carbocycles. The lowest BCUT2D eigenvalue weighted by Gasteiger charge is -2.33. The van der Waals surface area contributed by atoms with Crippen LogP contribution in [0.1, 0.15) is 32.3 Å². The summed E-state index contributed by atoms with van der Waals surface area (Å²) in [6, 6.07) is 20.6. The van der Waals surface area contributed by atoms with Crippen molar-refractivity contribution in [3.63, 3.8) is 0 Å². The maximum atomic E-state index is 14.0. The van der Waals surface area contributed by atoms with Crippen LogP contribution >= 0.6 is 11.6 Å². The molecule has 10 heteroatoms. The summed E-state index contributed by atoms with van der Waals surface area (Å²) in [4.78, 5) is 28.6. The number of anilines is 1. The molecule has 1 N–H and O–H groups in total. The Morgan fingerprint density at radius 3 is 2.31 bits per heavy atom. The SMILES string of the molecule is CCCNC(=O)[C@@H](CC)N(Cc1ccccc1Cl)C(=O)CN(c1cccc(OC)c1)S(=O)(=O)c1ccccc1. The van der Waals surface area contributed by atoms with Crippen LogP contribution in [0.5, 0.6) is 5.75 Å². The fourth-order valence-corrected chi connectivity index (χ4v) is 5.73. The van der Waals surface area contributed by atoms with E-state index in [9.17, 15) is 18.0 Å². The average molecular weight is 572 g/mol. The highest BCUT2D eigenvalue weighted by atomic mass is 35.5. The number of nitrogens with one attached hydrogen (secondary N) is 1. The molecule has 0 radical (unpaired) electrons. The van der Waals surface area contributed by atoms with E-state index in [1.165, 1.54) is 24.1 Å². The Kier molecular flexibility index (Phi) is 10.8. The second-order valence-corrected chi connectivity index (χ2v) is 11.1. The van der Waals surface area contributed by atoms with Gasteiger partial charge in [0.2, 0.25) is 11.8 Å². The van der Waals surface area contributed by atoms with E-state index in [4.69, 9.17) is 16.3 Å². The first-order chi connectivity index (χ1) is 18.7. The quantitative estimate of drug-likeness (QED) is 0.315. The molecule has 3 rings (SSSR count). The van der Waals surface area contributed by atoms with E-state index in [0.29, 0.717) is 29.3 Å². The highest BCUT2D eigenvalue weighted by Gasteiger charge is 2.34. The van der Waals surface area contributed by atoms with Gasteiger partial charge >= 0.3 is 0 Å². The Balaban J connectivity index is 2.07. The molecule has 0 spiro atoms. The predicted octanol–water partition coefficient (Wildman–Crippen LogP) is 4.88. The standard InChI is InChI=1S/C29H34ClN3O5S/c1-4-18-31-29(35)27(5-2)32(20-22-12-9-10-17-26(22)30)28(34)21-33(23-13-11-14-24(19-23)38-3)39(36,37)25-15-7-6-8-16-25/h6-17,19,27H,4-5,18,20-21H2,1-3H3,(H,31,35)/t27-/m1/s1. The van der Waals surface area contributed by atoms with Gasteiger partial charge in [-0.25, -0.2) is 8.42 Å². The predicted molar refractivity (Wildman–Crippen MR) is 153 cm³/mol. The number of carbonyl (C=O) groups is 2. The van der Waals surface area contributed by atoms with Crippen LogP contribution in [0.2, 0.25) is 5.02 Å². The van der Waals surface area contributed by atoms with Crippen molar-refractivity contribution in [1.29, 1.82) is 0 Å². The largest absolute Gasteiger partial charge is 0.497 e. The zero-order valence-corrected chi connectivity index (χ0v) is 23.9. The van der Waals surface area contributed by atoms with Crippen molar-refractivity contribution < 1.29 is 22.7 Å². The topological polar surface area (TPSA) is 96.0 Å². The van der Waals surface area contributed by atoms with Gasteiger partial charge in [0.1, 0.15) is 18.3 Å². The summed E-state index contributed by atoms with van der Waals surface area (Å²) in [6.45, 7) is 3.71. The van der Waals surface area contributed by atoms with E-state index in [2.05, 4.69) is 5.32 Å². The molecule has 3 aromatic rings. The van der Waals surface area contributed by atoms with Crippen LogP contribution < -0.4 is 14.4 Å². The Bertz CT molecular complexity index is 1370. The summed E-state index contributed by atoms with van der Waals surface area (Å²) in [5.74, 6) is -0.416. The Morgan fingerprint density at radius 1 is 0.974 bits per heavy atom. The molecule has 0 aliphatic rings. The smallest absolute Gasteiger partial charge is 0.264 e. The van der Waals surface area contributed by atoms with Crippen molar-refractivity contribution in [1.82, 2.24) is 10.2 Å². The maximum absolute atomic E-state index is 14.0. The summed E-state index contributed by atoms with van der Waals surface area (Å²) < 4.78 is 34.0. The second kappa shape index (κ2) is 14.0. The lowest BCUT2D eigenvalue weighted by molar-refractivity contribution is -0.140. The Labute approximate surface area is 235 Å². The van der Waals surface area contributed by atoms with Crippen molar-refractivity contribution >= 4 is 39.1 Å². The van der Waals surface area contributed by atoms with Gasteiger partial charge in [-0.15, -0.1) is 0 Å². The number of halogens is 1. The highest BCUT2D eigenvalue weighted by Crippen LogP contribution is 2.28. The van der Waals surface area contributed by atoms with Gasteiger partial charge in [-0.3, -0.25) is 13.9 Å². The van der Waals surface area contributed by atoms with E-state index in [-0.39, 0.29) is 23.0 Å². The molecule has 0 fully saturated rings. The molecule has 0 aliphatic carbocycles. The number of hydrogen-bond acceptors (Lipinski definition) is 5. The zero-order valence-electron chi connectivity index (χ0n) is 22.3. The van der Waals surface area contributed by atoms with Gasteiger partial charge < -0.3 is 15.0 Å². The fraction of sp³-hybridized carbons (Fsp3) is 0.310. The van der Waals surface area contributed by atoms with Gasteiger partial charge in [0.15, 0.2) is 0 Å². The number of sulfonamides is 1. The van der Waals surface area contributed by atoms with E-state index >= 15 is 0 Å². The minimum Gasteiger partial charge on any atom is -0.497 e. The first kappa shape index (κ1) is 30.0. The number of nitrogens with zero attached hydrogens (tertiary/aromatic N) is 2. The minimum atomic E-state index is -4.15. The van der Waals surface area contributed by atoms with Gasteiger partial charge in [-0.2, -0.15) is 0 Å². The number of ether oxygens (including phenoxy) is 1. The number of hydrogen-bond donors (Lipinski definition) is 1. The van der Waals surface area contributed by atoms with Crippen molar-refractivity contribution in [2.24, 2.45) is 0 Å². The first-order valence-electron chi connectivity index (χ1n) is 12.7. The molecule has 0 heterocycles. The summed E-state index contributed by atoms with van der Waals surface area (Å²) in [5, 5.41) is 3.31. The number of benzene rings is 3. The molecule has 0 bridgehead atoms. The number of carbonyl (C=O) groups excluding carboxylic acids is 2. The molecule has 8 nitrogen and oxygen atoms in total. The van der Waals surface area contributed by atoms with Gasteiger partial charge in [0.25, 0.3) is 10.0 Å². The number of amides is 2. The normalized spacial score (nSPS) is 11.9. The summed E-state index contributed by atoms with van der Waals surface area (Å²) >= 11 is 6.41. The summed E-state index contributed by atoms with van der Waals surface area (Å²) in [6.07, 6.45) is 1.07. The van der Waals surface area contributed by atoms with Crippen LogP contribution in [-0.4, -0.2) is 51.4 Å². The highest BCUT2D eigenvalue weighted by molar-refractivity contribution is 7.92. The first-order valence-corrected chi connectivity index (χ1v) is 14.6. The molecule has 39 heavy (non-hydrogen) atoms. The van der Waals surface area contributed by atoms with E-state index in [1.54, 1.807) is 66.7 Å². The van der Waals surface area contributed by atoms with Crippen molar-refractivity contribution in [3.05, 3.63) is 89.4 Å². The van der Waals surface area contributed by atoms with Crippen LogP contribution in [0, 0.1) is 0 Å². The van der Waals surface area contributed by atoms with Crippen LogP contribution in [0.3, 0.4) is 0 Å². The van der Waals surface area contributed by atoms with Crippen LogP contribution in [-0.2, 0) is 26.2 Å². The van der Waals surface area contributed by atoms with Crippen LogP contribution in [0.15, 0.2) is 83.8 Å². The van der Waals surface area contributed by atoms with E-state index in [0.717, 1.165) is 10.7 Å². The van der Waals surface area contributed by atoms with E-state index in [1.807, 2.05) is 13.8 Å². The van der Waals surface area contributed by atoms with Gasteiger partial charge in [-0.1, -0.05) is 67.9 Å². The molecule has 0 aromatic heterocycles. The minimum absolute atomic E-state index is 0.0333. The molecule has 0 saturated heterocycles. The molecule has 1 atom stereocenters. The third kappa shape index (κ3) is 7.52. The fourth-order valence-electron chi connectivity index (χ4n) is 4.11. The van der Waals surface area contributed by atoms with Crippen molar-refractivity contribution in [2.75, 3.05) is 24.5 Å². The van der Waals surface area contributed by atoms with Crippen molar-refractivity contribution in [3.8, 4) is 5.75 Å². The average Bonchev–Trinajstić information content (AvgIpc) is 2.95. The summed E-state index contributed by atoms with van der Waals surface area (Å²) in [5.41, 5.74) is 0.904. The molecule has 208 valence electrons. The van der Waals surface area contributed by atoms with Crippen LogP contribution in [0.4, 0.5) is 5.69 Å². The Hall–Kier alpha value is -3.56. The summed E-state index contributed by atoms with van der Waals surface area (Å²) in [7, 11) is -2.67. The molecular weight excluding hydrogens is 538 g/mol.